The van der Waals surface area contributed by atoms with Crippen molar-refractivity contribution in [3.05, 3.63) is 22.6 Å². The molecule has 1 aliphatic heterocycles. The molecule has 116 valence electrons. The van der Waals surface area contributed by atoms with Gasteiger partial charge in [0, 0.05) is 25.2 Å². The van der Waals surface area contributed by atoms with Crippen LogP contribution in [0.3, 0.4) is 0 Å². The number of nitrogens with one attached hydrogen (secondary N) is 1. The topological polar surface area (TPSA) is 50.2 Å². The van der Waals surface area contributed by atoms with Gasteiger partial charge >= 0.3 is 0 Å². The van der Waals surface area contributed by atoms with Crippen molar-refractivity contribution in [2.24, 2.45) is 11.8 Å². The lowest BCUT2D eigenvalue weighted by atomic mass is 10.00. The Bertz CT molecular complexity index is 537. The van der Waals surface area contributed by atoms with E-state index in [1.165, 1.54) is 25.7 Å². The summed E-state index contributed by atoms with van der Waals surface area (Å²) in [6.07, 6.45) is 6.88. The highest BCUT2D eigenvalue weighted by atomic mass is 16.1. The summed E-state index contributed by atoms with van der Waals surface area (Å²) in [7, 11) is 1.97. The minimum absolute atomic E-state index is 0.0200. The predicted molar refractivity (Wildman–Crippen MR) is 84.7 cm³/mol. The Morgan fingerprint density at radius 3 is 2.86 bits per heavy atom. The highest BCUT2D eigenvalue weighted by molar-refractivity contribution is 5.43. The van der Waals surface area contributed by atoms with E-state index in [0.717, 1.165) is 18.8 Å². The van der Waals surface area contributed by atoms with Crippen LogP contribution < -0.4 is 15.8 Å². The van der Waals surface area contributed by atoms with Gasteiger partial charge in [0.1, 0.15) is 0 Å². The second kappa shape index (κ2) is 6.18. The molecule has 5 nitrogen and oxygen atoms in total. The van der Waals surface area contributed by atoms with Crippen LogP contribution in [0, 0.1) is 11.8 Å². The largest absolute Gasteiger partial charge is 0.370 e. The molecule has 1 N–H and O–H groups in total. The molecule has 1 aromatic rings. The lowest BCUT2D eigenvalue weighted by Gasteiger charge is -2.32. The van der Waals surface area contributed by atoms with E-state index in [9.17, 15) is 4.79 Å². The third kappa shape index (κ3) is 3.46. The van der Waals surface area contributed by atoms with Crippen LogP contribution in [0.2, 0.25) is 0 Å². The molecular formula is C16H26N4O. The minimum atomic E-state index is 0.0200. The van der Waals surface area contributed by atoms with Crippen molar-refractivity contribution >= 4 is 5.69 Å². The first-order valence-corrected chi connectivity index (χ1v) is 8.16. The van der Waals surface area contributed by atoms with Gasteiger partial charge < -0.3 is 10.2 Å². The van der Waals surface area contributed by atoms with Gasteiger partial charge in [-0.25, -0.2) is 4.68 Å². The maximum absolute atomic E-state index is 12.3. The first kappa shape index (κ1) is 14.6. The van der Waals surface area contributed by atoms with Gasteiger partial charge in [-0.05, 0) is 44.6 Å². The number of hydrogen-bond acceptors (Lipinski definition) is 4. The summed E-state index contributed by atoms with van der Waals surface area (Å²) < 4.78 is 1.61. The molecule has 2 fully saturated rings. The van der Waals surface area contributed by atoms with E-state index in [1.807, 2.05) is 13.2 Å². The number of hydrogen-bond donors (Lipinski definition) is 1. The SMILES string of the molecule is CNC(Cn1ncc(N2CCCC(C)C2)cc1=O)C1CC1. The summed E-state index contributed by atoms with van der Waals surface area (Å²) in [5, 5.41) is 7.71. The third-order valence-electron chi connectivity index (χ3n) is 4.81. The van der Waals surface area contributed by atoms with Crippen molar-refractivity contribution in [3.63, 3.8) is 0 Å². The van der Waals surface area contributed by atoms with Crippen LogP contribution in [-0.2, 0) is 6.54 Å². The zero-order valence-electron chi connectivity index (χ0n) is 13.1. The first-order valence-electron chi connectivity index (χ1n) is 8.16. The minimum Gasteiger partial charge on any atom is -0.370 e. The third-order valence-corrected chi connectivity index (χ3v) is 4.81. The highest BCUT2D eigenvalue weighted by Crippen LogP contribution is 2.32. The van der Waals surface area contributed by atoms with Crippen molar-refractivity contribution in [2.75, 3.05) is 25.0 Å². The Hall–Kier alpha value is -1.36. The Morgan fingerprint density at radius 1 is 1.43 bits per heavy atom. The standard InChI is InChI=1S/C16H26N4O/c1-12-4-3-7-19(10-12)14-8-16(21)20(18-9-14)11-15(17-2)13-5-6-13/h8-9,12-13,15,17H,3-7,10-11H2,1-2H3. The average Bonchev–Trinajstić information content (AvgIpc) is 3.30. The summed E-state index contributed by atoms with van der Waals surface area (Å²) >= 11 is 0. The molecule has 0 amide bonds. The fourth-order valence-corrected chi connectivity index (χ4v) is 3.32. The number of rotatable bonds is 5. The summed E-state index contributed by atoms with van der Waals surface area (Å²) in [5.41, 5.74) is 1.00. The van der Waals surface area contributed by atoms with Crippen LogP contribution >= 0.6 is 0 Å². The molecule has 1 saturated heterocycles. The van der Waals surface area contributed by atoms with E-state index < -0.39 is 0 Å². The molecule has 2 heterocycles. The van der Waals surface area contributed by atoms with E-state index >= 15 is 0 Å². The zero-order valence-corrected chi connectivity index (χ0v) is 13.1. The quantitative estimate of drug-likeness (QED) is 0.892. The number of piperidine rings is 1. The van der Waals surface area contributed by atoms with Crippen LogP contribution in [0.15, 0.2) is 17.1 Å². The van der Waals surface area contributed by atoms with Gasteiger partial charge in [-0.3, -0.25) is 4.79 Å². The zero-order chi connectivity index (χ0) is 14.8. The molecule has 0 spiro atoms. The van der Waals surface area contributed by atoms with Gasteiger partial charge in [0.05, 0.1) is 18.4 Å². The molecule has 1 saturated carbocycles. The van der Waals surface area contributed by atoms with Crippen LogP contribution in [-0.4, -0.2) is 36.0 Å². The molecule has 1 aromatic heterocycles. The Kier molecular flexibility index (Phi) is 4.29. The van der Waals surface area contributed by atoms with Crippen LogP contribution in [0.25, 0.3) is 0 Å². The Balaban J connectivity index is 1.71. The lowest BCUT2D eigenvalue weighted by molar-refractivity contribution is 0.402. The van der Waals surface area contributed by atoms with E-state index in [1.54, 1.807) is 10.7 Å². The van der Waals surface area contributed by atoms with Gasteiger partial charge in [0.25, 0.3) is 5.56 Å². The second-order valence-electron chi connectivity index (χ2n) is 6.66. The van der Waals surface area contributed by atoms with Crippen molar-refractivity contribution in [1.29, 1.82) is 0 Å². The van der Waals surface area contributed by atoms with Crippen LogP contribution in [0.5, 0.6) is 0 Å². The van der Waals surface area contributed by atoms with Crippen LogP contribution in [0.4, 0.5) is 5.69 Å². The van der Waals surface area contributed by atoms with Crippen LogP contribution in [0.1, 0.15) is 32.6 Å². The Labute approximate surface area is 126 Å². The number of likely N-dealkylation sites (N-methyl/N-ethyl adjacent to an activating group) is 1. The summed E-state index contributed by atoms with van der Waals surface area (Å²) in [4.78, 5) is 14.6. The fraction of sp³-hybridized carbons (Fsp3) is 0.750. The molecule has 1 aliphatic carbocycles. The normalized spacial score (nSPS) is 24.1. The first-order chi connectivity index (χ1) is 10.2. The maximum Gasteiger partial charge on any atom is 0.268 e. The van der Waals surface area contributed by atoms with E-state index in [2.05, 4.69) is 22.2 Å². The van der Waals surface area contributed by atoms with Crippen molar-refractivity contribution in [3.8, 4) is 0 Å². The van der Waals surface area contributed by atoms with Crippen molar-refractivity contribution < 1.29 is 0 Å². The number of anilines is 1. The number of nitrogens with zero attached hydrogens (tertiary/aromatic N) is 3. The average molecular weight is 290 g/mol. The molecule has 2 unspecified atom stereocenters. The summed E-state index contributed by atoms with van der Waals surface area (Å²) in [6.45, 7) is 5.02. The van der Waals surface area contributed by atoms with Gasteiger partial charge in [0.2, 0.25) is 0 Å². The molecule has 21 heavy (non-hydrogen) atoms. The van der Waals surface area contributed by atoms with Gasteiger partial charge in [-0.1, -0.05) is 6.92 Å². The molecule has 5 heteroatoms. The highest BCUT2D eigenvalue weighted by Gasteiger charge is 2.30. The predicted octanol–water partition coefficient (Wildman–Crippen LogP) is 1.48. The number of aromatic nitrogens is 2. The molecule has 0 aromatic carbocycles. The van der Waals surface area contributed by atoms with Crippen molar-refractivity contribution in [1.82, 2.24) is 15.1 Å². The lowest BCUT2D eigenvalue weighted by Crippen LogP contribution is -2.38. The molecule has 0 bridgehead atoms. The summed E-state index contributed by atoms with van der Waals surface area (Å²) in [5.74, 6) is 1.41. The van der Waals surface area contributed by atoms with Gasteiger partial charge in [-0.2, -0.15) is 5.10 Å². The van der Waals surface area contributed by atoms with E-state index in [4.69, 9.17) is 0 Å². The van der Waals surface area contributed by atoms with Gasteiger partial charge in [0.15, 0.2) is 0 Å². The molecular weight excluding hydrogens is 264 g/mol. The molecule has 0 radical (unpaired) electrons. The smallest absolute Gasteiger partial charge is 0.268 e. The van der Waals surface area contributed by atoms with E-state index in [0.29, 0.717) is 24.4 Å². The van der Waals surface area contributed by atoms with Crippen molar-refractivity contribution in [2.45, 2.75) is 45.2 Å². The van der Waals surface area contributed by atoms with E-state index in [-0.39, 0.29) is 5.56 Å². The second-order valence-corrected chi connectivity index (χ2v) is 6.66. The molecule has 2 atom stereocenters. The van der Waals surface area contributed by atoms with Gasteiger partial charge in [-0.15, -0.1) is 0 Å². The summed E-state index contributed by atoms with van der Waals surface area (Å²) in [6, 6.07) is 2.13. The fourth-order valence-electron chi connectivity index (χ4n) is 3.32. The molecule has 3 rings (SSSR count). The Morgan fingerprint density at radius 2 is 2.24 bits per heavy atom. The molecule has 2 aliphatic rings. The monoisotopic (exact) mass is 290 g/mol. The maximum atomic E-state index is 12.3.